The number of aliphatic hydroxyl groups is 1. The number of fused-ring (bicyclic) bond motifs is 1. The van der Waals surface area contributed by atoms with Crippen LogP contribution in [0.3, 0.4) is 0 Å². The molecular weight excluding hydrogens is 433 g/mol. The molecular formula is C22H22ClF3N2O3. The first kappa shape index (κ1) is 21.8. The second kappa shape index (κ2) is 8.24. The van der Waals surface area contributed by atoms with Crippen LogP contribution in [0.15, 0.2) is 24.3 Å². The lowest BCUT2D eigenvalue weighted by Gasteiger charge is -2.42. The van der Waals surface area contributed by atoms with Crippen LogP contribution in [0.4, 0.5) is 24.5 Å². The number of nitrogens with zero attached hydrogens (tertiary/aromatic N) is 1. The molecule has 2 aromatic carbocycles. The molecule has 1 unspecified atom stereocenters. The number of nitrogens with one attached hydrogen (secondary N) is 1. The maximum absolute atomic E-state index is 14.2. The van der Waals surface area contributed by atoms with Crippen molar-refractivity contribution in [2.45, 2.75) is 44.3 Å². The Bertz CT molecular complexity index is 1000. The lowest BCUT2D eigenvalue weighted by Crippen LogP contribution is -2.52. The van der Waals surface area contributed by atoms with Crippen molar-refractivity contribution in [3.05, 3.63) is 52.3 Å². The van der Waals surface area contributed by atoms with E-state index in [2.05, 4.69) is 5.32 Å². The molecule has 0 radical (unpaired) electrons. The zero-order valence-electron chi connectivity index (χ0n) is 16.9. The molecule has 0 bridgehead atoms. The summed E-state index contributed by atoms with van der Waals surface area (Å²) in [5.41, 5.74) is -0.743. The third-order valence-corrected chi connectivity index (χ3v) is 6.29. The fraction of sp³-hybridized carbons (Fsp3) is 0.409. The zero-order valence-corrected chi connectivity index (χ0v) is 17.6. The summed E-state index contributed by atoms with van der Waals surface area (Å²) in [6.45, 7) is 2.14. The van der Waals surface area contributed by atoms with E-state index in [-0.39, 0.29) is 54.7 Å². The monoisotopic (exact) mass is 454 g/mol. The Morgan fingerprint density at radius 2 is 1.77 bits per heavy atom. The van der Waals surface area contributed by atoms with Gasteiger partial charge in [0.15, 0.2) is 11.6 Å². The van der Waals surface area contributed by atoms with Crippen LogP contribution in [-0.4, -0.2) is 35.8 Å². The fourth-order valence-corrected chi connectivity index (χ4v) is 4.39. The van der Waals surface area contributed by atoms with Gasteiger partial charge in [0.05, 0.1) is 5.69 Å². The van der Waals surface area contributed by atoms with Crippen LogP contribution >= 0.6 is 11.6 Å². The average Bonchev–Trinajstić information content (AvgIpc) is 2.71. The van der Waals surface area contributed by atoms with E-state index in [9.17, 15) is 23.1 Å². The summed E-state index contributed by atoms with van der Waals surface area (Å²) in [4.78, 5) is 13.1. The largest absolute Gasteiger partial charge is 0.487 e. The Morgan fingerprint density at radius 3 is 2.42 bits per heavy atom. The van der Waals surface area contributed by atoms with Crippen LogP contribution in [0.2, 0.25) is 5.02 Å². The van der Waals surface area contributed by atoms with E-state index in [4.69, 9.17) is 16.3 Å². The molecule has 2 N–H and O–H groups in total. The highest BCUT2D eigenvalue weighted by Gasteiger charge is 2.40. The molecule has 0 saturated carbocycles. The number of carbonyl (C=O) groups is 1. The number of hydrogen-bond donors (Lipinski definition) is 2. The lowest BCUT2D eigenvalue weighted by molar-refractivity contribution is -0.116. The summed E-state index contributed by atoms with van der Waals surface area (Å²) in [5.74, 6) is -1.90. The van der Waals surface area contributed by atoms with Crippen molar-refractivity contribution in [1.82, 2.24) is 0 Å². The van der Waals surface area contributed by atoms with Gasteiger partial charge in [0.2, 0.25) is 5.91 Å². The van der Waals surface area contributed by atoms with Crippen LogP contribution in [-0.2, 0) is 11.2 Å². The molecule has 166 valence electrons. The second-order valence-corrected chi connectivity index (χ2v) is 8.45. The fourth-order valence-electron chi connectivity index (χ4n) is 4.20. The molecule has 2 aromatic rings. The number of hydrogen-bond acceptors (Lipinski definition) is 4. The van der Waals surface area contributed by atoms with Gasteiger partial charge in [-0.2, -0.15) is 0 Å². The molecule has 1 amide bonds. The first-order chi connectivity index (χ1) is 14.7. The molecule has 4 rings (SSSR count). The van der Waals surface area contributed by atoms with E-state index in [1.165, 1.54) is 17.0 Å². The number of halogens is 4. The van der Waals surface area contributed by atoms with Gasteiger partial charge in [-0.25, -0.2) is 13.2 Å². The van der Waals surface area contributed by atoms with Crippen LogP contribution in [0.5, 0.6) is 5.75 Å². The van der Waals surface area contributed by atoms with Crippen molar-refractivity contribution in [2.24, 2.45) is 0 Å². The topological polar surface area (TPSA) is 61.8 Å². The molecule has 31 heavy (non-hydrogen) atoms. The normalized spacial score (nSPS) is 18.9. The minimum atomic E-state index is -1.24. The van der Waals surface area contributed by atoms with Gasteiger partial charge in [-0.05, 0) is 50.5 Å². The van der Waals surface area contributed by atoms with Gasteiger partial charge in [0, 0.05) is 30.1 Å². The van der Waals surface area contributed by atoms with E-state index in [1.807, 2.05) is 0 Å². The van der Waals surface area contributed by atoms with Crippen LogP contribution < -0.4 is 15.0 Å². The van der Waals surface area contributed by atoms with Gasteiger partial charge in [0.1, 0.15) is 29.0 Å². The number of carbonyl (C=O) groups excluding carboxylic acids is 1. The van der Waals surface area contributed by atoms with Crippen molar-refractivity contribution >= 4 is 28.9 Å². The number of anilines is 2. The third kappa shape index (κ3) is 4.19. The van der Waals surface area contributed by atoms with Gasteiger partial charge < -0.3 is 20.1 Å². The highest BCUT2D eigenvalue weighted by atomic mass is 35.5. The number of ether oxygens (including phenoxy) is 1. The van der Waals surface area contributed by atoms with E-state index in [1.54, 1.807) is 6.92 Å². The first-order valence-corrected chi connectivity index (χ1v) is 10.5. The summed E-state index contributed by atoms with van der Waals surface area (Å²) in [5, 5.41) is 13.7. The van der Waals surface area contributed by atoms with Crippen molar-refractivity contribution in [3.63, 3.8) is 0 Å². The highest BCUT2D eigenvalue weighted by molar-refractivity contribution is 6.30. The molecule has 0 aliphatic carbocycles. The molecule has 0 spiro atoms. The summed E-state index contributed by atoms with van der Waals surface area (Å²) in [6, 6.07) is 4.82. The van der Waals surface area contributed by atoms with E-state index in [0.29, 0.717) is 17.7 Å². The van der Waals surface area contributed by atoms with Crippen LogP contribution in [0.1, 0.15) is 31.7 Å². The molecule has 2 aliphatic rings. The first-order valence-electron chi connectivity index (χ1n) is 10.1. The number of piperidine rings is 1. The maximum Gasteiger partial charge on any atom is 0.224 e. The SMILES string of the molecule is CC(Oc1ccc(F)c2c1CCC(=O)N2)C1(O)CCN(c2c(F)cc(Cl)cc2F)CC1. The lowest BCUT2D eigenvalue weighted by atomic mass is 9.86. The van der Waals surface area contributed by atoms with Crippen molar-refractivity contribution in [2.75, 3.05) is 23.3 Å². The van der Waals surface area contributed by atoms with Gasteiger partial charge in [-0.3, -0.25) is 4.79 Å². The Hall–Kier alpha value is -2.45. The summed E-state index contributed by atoms with van der Waals surface area (Å²) < 4.78 is 48.6. The quantitative estimate of drug-likeness (QED) is 0.717. The van der Waals surface area contributed by atoms with Crippen molar-refractivity contribution < 1.29 is 27.8 Å². The maximum atomic E-state index is 14.2. The second-order valence-electron chi connectivity index (χ2n) is 8.02. The summed E-state index contributed by atoms with van der Waals surface area (Å²) in [6.07, 6.45) is 0.328. The third-order valence-electron chi connectivity index (χ3n) is 6.07. The molecule has 2 heterocycles. The zero-order chi connectivity index (χ0) is 22.3. The van der Waals surface area contributed by atoms with E-state index < -0.39 is 29.2 Å². The molecule has 2 aliphatic heterocycles. The molecule has 0 aromatic heterocycles. The summed E-state index contributed by atoms with van der Waals surface area (Å²) in [7, 11) is 0. The smallest absolute Gasteiger partial charge is 0.224 e. The predicted molar refractivity (Wildman–Crippen MR) is 111 cm³/mol. The van der Waals surface area contributed by atoms with Gasteiger partial charge in [-0.15, -0.1) is 0 Å². The van der Waals surface area contributed by atoms with Gasteiger partial charge in [-0.1, -0.05) is 11.6 Å². The Labute approximate surface area is 182 Å². The predicted octanol–water partition coefficient (Wildman–Crippen LogP) is 4.44. The van der Waals surface area contributed by atoms with Gasteiger partial charge in [0.25, 0.3) is 0 Å². The Morgan fingerprint density at radius 1 is 1.13 bits per heavy atom. The number of amides is 1. The van der Waals surface area contributed by atoms with Crippen LogP contribution in [0, 0.1) is 17.5 Å². The Kier molecular flexibility index (Phi) is 5.79. The molecule has 1 fully saturated rings. The van der Waals surface area contributed by atoms with Crippen molar-refractivity contribution in [3.8, 4) is 5.75 Å². The highest BCUT2D eigenvalue weighted by Crippen LogP contribution is 2.37. The van der Waals surface area contributed by atoms with Crippen LogP contribution in [0.25, 0.3) is 0 Å². The average molecular weight is 455 g/mol. The number of benzene rings is 2. The molecule has 9 heteroatoms. The van der Waals surface area contributed by atoms with E-state index >= 15 is 0 Å². The standard InChI is InChI=1S/C22H22ClF3N2O3/c1-12(31-18-4-3-15(24)20-14(18)2-5-19(29)27-20)22(30)6-8-28(9-7-22)21-16(25)10-13(23)11-17(21)26/h3-4,10-12,30H,2,5-9H2,1H3,(H,27,29). The molecule has 5 nitrogen and oxygen atoms in total. The minimum Gasteiger partial charge on any atom is -0.487 e. The minimum absolute atomic E-state index is 0.0203. The Balaban J connectivity index is 1.48. The van der Waals surface area contributed by atoms with E-state index in [0.717, 1.165) is 12.1 Å². The van der Waals surface area contributed by atoms with Crippen molar-refractivity contribution in [1.29, 1.82) is 0 Å². The molecule has 1 atom stereocenters. The molecule has 1 saturated heterocycles. The number of rotatable bonds is 4. The van der Waals surface area contributed by atoms with Gasteiger partial charge >= 0.3 is 0 Å². The summed E-state index contributed by atoms with van der Waals surface area (Å²) >= 11 is 5.69.